The van der Waals surface area contributed by atoms with Gasteiger partial charge in [0, 0.05) is 42.0 Å². The lowest BCUT2D eigenvalue weighted by atomic mass is 10.1. The van der Waals surface area contributed by atoms with Crippen molar-refractivity contribution < 1.29 is 9.59 Å². The molecule has 2 aromatic rings. The summed E-state index contributed by atoms with van der Waals surface area (Å²) in [6, 6.07) is 15.2. The number of likely N-dealkylation sites (tertiary alicyclic amines) is 1. The second kappa shape index (κ2) is 9.30. The van der Waals surface area contributed by atoms with Crippen molar-refractivity contribution in [3.05, 3.63) is 65.2 Å². The van der Waals surface area contributed by atoms with Gasteiger partial charge in [-0.3, -0.25) is 9.59 Å². The smallest absolute Gasteiger partial charge is 0.256 e. The molecule has 1 atom stereocenters. The van der Waals surface area contributed by atoms with E-state index >= 15 is 0 Å². The molecule has 6 heteroatoms. The number of hydrogen-bond donors (Lipinski definition) is 2. The van der Waals surface area contributed by atoms with Crippen LogP contribution in [0.5, 0.6) is 0 Å². The lowest BCUT2D eigenvalue weighted by molar-refractivity contribution is 0.0742. The normalized spacial score (nSPS) is 18.5. The van der Waals surface area contributed by atoms with Crippen LogP contribution in [-0.2, 0) is 0 Å². The van der Waals surface area contributed by atoms with E-state index in [4.69, 9.17) is 0 Å². The highest BCUT2D eigenvalue weighted by Gasteiger charge is 2.35. The van der Waals surface area contributed by atoms with Gasteiger partial charge >= 0.3 is 0 Å². The Labute approximate surface area is 178 Å². The highest BCUT2D eigenvalue weighted by Crippen LogP contribution is 2.34. The van der Waals surface area contributed by atoms with Crippen LogP contribution in [-0.4, -0.2) is 54.3 Å². The average molecular weight is 407 g/mol. The molecule has 0 aliphatic carbocycles. The van der Waals surface area contributed by atoms with Gasteiger partial charge in [0.05, 0.1) is 0 Å². The van der Waals surface area contributed by atoms with Gasteiger partial charge in [-0.15, -0.1) is 0 Å². The second-order valence-electron chi connectivity index (χ2n) is 8.02. The number of nitrogens with zero attached hydrogens (tertiary/aromatic N) is 2. The summed E-state index contributed by atoms with van der Waals surface area (Å²) in [5.41, 5.74) is 3.19. The summed E-state index contributed by atoms with van der Waals surface area (Å²) in [5, 5.41) is 6.50. The largest absolute Gasteiger partial charge is 0.361 e. The summed E-state index contributed by atoms with van der Waals surface area (Å²) in [7, 11) is 0. The molecule has 158 valence electrons. The molecule has 0 bridgehead atoms. The van der Waals surface area contributed by atoms with E-state index in [0.717, 1.165) is 42.9 Å². The molecular formula is C24H30N4O2. The summed E-state index contributed by atoms with van der Waals surface area (Å²) in [6.45, 7) is 6.57. The van der Waals surface area contributed by atoms with E-state index in [9.17, 15) is 9.59 Å². The van der Waals surface area contributed by atoms with Crippen LogP contribution in [0.3, 0.4) is 0 Å². The first-order valence-corrected chi connectivity index (χ1v) is 10.9. The van der Waals surface area contributed by atoms with Gasteiger partial charge in [0.15, 0.2) is 0 Å². The summed E-state index contributed by atoms with van der Waals surface area (Å²) in [4.78, 5) is 29.7. The monoisotopic (exact) mass is 406 g/mol. The highest BCUT2D eigenvalue weighted by molar-refractivity contribution is 5.99. The Bertz CT molecular complexity index is 908. The molecule has 6 nitrogen and oxygen atoms in total. The number of hydrogen-bond acceptors (Lipinski definition) is 4. The van der Waals surface area contributed by atoms with Gasteiger partial charge in [0.2, 0.25) is 0 Å². The Morgan fingerprint density at radius 2 is 1.87 bits per heavy atom. The molecule has 2 amide bonds. The molecule has 1 unspecified atom stereocenters. The van der Waals surface area contributed by atoms with E-state index in [2.05, 4.69) is 22.5 Å². The number of rotatable bonds is 8. The maximum Gasteiger partial charge on any atom is 0.256 e. The molecule has 4 rings (SSSR count). The minimum Gasteiger partial charge on any atom is -0.361 e. The molecule has 1 fully saturated rings. The fourth-order valence-corrected chi connectivity index (χ4v) is 4.34. The third-order valence-electron chi connectivity index (χ3n) is 5.86. The van der Waals surface area contributed by atoms with Crippen molar-refractivity contribution >= 4 is 17.5 Å². The van der Waals surface area contributed by atoms with Gasteiger partial charge in [-0.1, -0.05) is 31.2 Å². The van der Waals surface area contributed by atoms with E-state index in [0.29, 0.717) is 18.7 Å². The van der Waals surface area contributed by atoms with Gasteiger partial charge in [-0.05, 0) is 56.6 Å². The quantitative estimate of drug-likeness (QED) is 0.704. The fourth-order valence-electron chi connectivity index (χ4n) is 4.34. The number of anilines is 1. The van der Waals surface area contributed by atoms with Crippen LogP contribution in [0.4, 0.5) is 5.69 Å². The zero-order valence-electron chi connectivity index (χ0n) is 17.6. The third-order valence-corrected chi connectivity index (χ3v) is 5.86. The number of carbonyl (C=O) groups excluding carboxylic acids is 2. The van der Waals surface area contributed by atoms with Crippen LogP contribution >= 0.6 is 0 Å². The van der Waals surface area contributed by atoms with Crippen LogP contribution in [0.25, 0.3) is 0 Å². The standard InChI is InChI=1S/C24H30N4O2/c1-2-13-28-22(20-10-3-4-11-21(20)24(28)30)26-19-9-7-8-18(17-19)23(29)25-12-16-27-14-5-6-15-27/h3-4,7-11,17,22,26H,2,5-6,12-16H2,1H3,(H,25,29). The first kappa shape index (κ1) is 20.4. The average Bonchev–Trinajstić information content (AvgIpc) is 3.37. The topological polar surface area (TPSA) is 64.7 Å². The molecule has 2 aromatic carbocycles. The predicted octanol–water partition coefficient (Wildman–Crippen LogP) is 3.49. The summed E-state index contributed by atoms with van der Waals surface area (Å²) >= 11 is 0. The zero-order valence-corrected chi connectivity index (χ0v) is 17.6. The molecular weight excluding hydrogens is 376 g/mol. The maximum atomic E-state index is 12.8. The molecule has 2 aliphatic rings. The van der Waals surface area contributed by atoms with Crippen molar-refractivity contribution in [3.8, 4) is 0 Å². The van der Waals surface area contributed by atoms with E-state index in [1.807, 2.05) is 53.4 Å². The number of nitrogens with one attached hydrogen (secondary N) is 2. The van der Waals surface area contributed by atoms with Crippen molar-refractivity contribution in [3.63, 3.8) is 0 Å². The SMILES string of the molecule is CCCN1C(=O)c2ccccc2C1Nc1cccc(C(=O)NCCN2CCCC2)c1. The van der Waals surface area contributed by atoms with Crippen LogP contribution in [0.1, 0.15) is 58.6 Å². The third kappa shape index (κ3) is 4.33. The lowest BCUT2D eigenvalue weighted by Gasteiger charge is -2.27. The minimum absolute atomic E-state index is 0.0563. The Morgan fingerprint density at radius 3 is 2.67 bits per heavy atom. The number of amides is 2. The van der Waals surface area contributed by atoms with Crippen LogP contribution in [0.2, 0.25) is 0 Å². The molecule has 0 saturated carbocycles. The Morgan fingerprint density at radius 1 is 1.07 bits per heavy atom. The van der Waals surface area contributed by atoms with Crippen molar-refractivity contribution in [2.75, 3.05) is 38.0 Å². The number of carbonyl (C=O) groups is 2. The lowest BCUT2D eigenvalue weighted by Crippen LogP contribution is -2.34. The van der Waals surface area contributed by atoms with Crippen molar-refractivity contribution in [1.29, 1.82) is 0 Å². The van der Waals surface area contributed by atoms with Crippen molar-refractivity contribution in [2.45, 2.75) is 32.4 Å². The fraction of sp³-hybridized carbons (Fsp3) is 0.417. The van der Waals surface area contributed by atoms with Crippen molar-refractivity contribution in [2.24, 2.45) is 0 Å². The molecule has 0 spiro atoms. The summed E-state index contributed by atoms with van der Waals surface area (Å²) in [6.07, 6.45) is 3.17. The molecule has 2 heterocycles. The summed E-state index contributed by atoms with van der Waals surface area (Å²) < 4.78 is 0. The molecule has 2 N–H and O–H groups in total. The number of fused-ring (bicyclic) bond motifs is 1. The highest BCUT2D eigenvalue weighted by atomic mass is 16.2. The van der Waals surface area contributed by atoms with Gasteiger partial charge in [0.25, 0.3) is 11.8 Å². The Hall–Kier alpha value is -2.86. The van der Waals surface area contributed by atoms with Crippen LogP contribution in [0.15, 0.2) is 48.5 Å². The minimum atomic E-state index is -0.220. The van der Waals surface area contributed by atoms with Gasteiger partial charge in [0.1, 0.15) is 6.17 Å². The molecule has 2 aliphatic heterocycles. The number of benzene rings is 2. The molecule has 0 aromatic heterocycles. The Kier molecular flexibility index (Phi) is 6.33. The predicted molar refractivity (Wildman–Crippen MR) is 119 cm³/mol. The summed E-state index contributed by atoms with van der Waals surface area (Å²) in [5.74, 6) is -0.00748. The zero-order chi connectivity index (χ0) is 20.9. The van der Waals surface area contributed by atoms with E-state index in [1.54, 1.807) is 0 Å². The van der Waals surface area contributed by atoms with Gasteiger partial charge in [-0.25, -0.2) is 0 Å². The molecule has 1 saturated heterocycles. The Balaban J connectivity index is 1.44. The van der Waals surface area contributed by atoms with Crippen LogP contribution < -0.4 is 10.6 Å². The van der Waals surface area contributed by atoms with Gasteiger partial charge in [-0.2, -0.15) is 0 Å². The first-order valence-electron chi connectivity index (χ1n) is 10.9. The van der Waals surface area contributed by atoms with E-state index in [1.165, 1.54) is 12.8 Å². The van der Waals surface area contributed by atoms with E-state index in [-0.39, 0.29) is 18.0 Å². The van der Waals surface area contributed by atoms with E-state index < -0.39 is 0 Å². The molecule has 30 heavy (non-hydrogen) atoms. The molecule has 0 radical (unpaired) electrons. The second-order valence-corrected chi connectivity index (χ2v) is 8.02. The van der Waals surface area contributed by atoms with Crippen LogP contribution in [0, 0.1) is 0 Å². The van der Waals surface area contributed by atoms with Gasteiger partial charge < -0.3 is 20.4 Å². The maximum absolute atomic E-state index is 12.8. The van der Waals surface area contributed by atoms with Crippen molar-refractivity contribution in [1.82, 2.24) is 15.1 Å². The first-order chi connectivity index (χ1) is 14.7.